The lowest BCUT2D eigenvalue weighted by Crippen LogP contribution is -1.98. The molecule has 0 bridgehead atoms. The maximum Gasteiger partial charge on any atom is -0.00208 e. The van der Waals surface area contributed by atoms with E-state index in [1.807, 2.05) is 0 Å². The van der Waals surface area contributed by atoms with Crippen molar-refractivity contribution < 1.29 is 0 Å². The first kappa shape index (κ1) is 13.3. The maximum atomic E-state index is 2.29. The molecule has 4 aromatic carbocycles. The van der Waals surface area contributed by atoms with Gasteiger partial charge in [-0.05, 0) is 43.3 Å². The SMILES string of the molecule is CC(C)(C)/C=C/c1ccc2ccc3cccc4ccc1c2c34. The third kappa shape index (κ3) is 2.07. The predicted molar refractivity (Wildman–Crippen MR) is 98.6 cm³/mol. The maximum absolute atomic E-state index is 2.29. The first-order chi connectivity index (χ1) is 10.5. The second-order valence-corrected chi connectivity index (χ2v) is 7.21. The van der Waals surface area contributed by atoms with Crippen LogP contribution in [0.3, 0.4) is 0 Å². The van der Waals surface area contributed by atoms with Crippen molar-refractivity contribution in [3.05, 3.63) is 66.2 Å². The van der Waals surface area contributed by atoms with Gasteiger partial charge in [0.15, 0.2) is 0 Å². The van der Waals surface area contributed by atoms with Crippen molar-refractivity contribution in [2.75, 3.05) is 0 Å². The Hall–Kier alpha value is -2.34. The molecule has 0 fully saturated rings. The molecule has 0 saturated carbocycles. The van der Waals surface area contributed by atoms with E-state index in [0.29, 0.717) is 0 Å². The summed E-state index contributed by atoms with van der Waals surface area (Å²) in [6.07, 6.45) is 4.56. The summed E-state index contributed by atoms with van der Waals surface area (Å²) >= 11 is 0. The summed E-state index contributed by atoms with van der Waals surface area (Å²) in [5.41, 5.74) is 1.50. The lowest BCUT2D eigenvalue weighted by atomic mass is 9.90. The van der Waals surface area contributed by atoms with E-state index in [0.717, 1.165) is 0 Å². The fourth-order valence-electron chi connectivity index (χ4n) is 3.24. The first-order valence-electron chi connectivity index (χ1n) is 7.89. The van der Waals surface area contributed by atoms with E-state index < -0.39 is 0 Å². The van der Waals surface area contributed by atoms with E-state index in [4.69, 9.17) is 0 Å². The third-order valence-corrected chi connectivity index (χ3v) is 4.33. The topological polar surface area (TPSA) is 0 Å². The first-order valence-corrected chi connectivity index (χ1v) is 7.89. The second kappa shape index (κ2) is 4.58. The second-order valence-electron chi connectivity index (χ2n) is 7.21. The number of rotatable bonds is 1. The lowest BCUT2D eigenvalue weighted by Gasteiger charge is -2.14. The molecule has 0 aliphatic rings. The Labute approximate surface area is 131 Å². The Balaban J connectivity index is 2.11. The van der Waals surface area contributed by atoms with Crippen LogP contribution in [0.1, 0.15) is 26.3 Å². The van der Waals surface area contributed by atoms with Gasteiger partial charge in [-0.25, -0.2) is 0 Å². The molecule has 0 atom stereocenters. The molecule has 0 nitrogen and oxygen atoms in total. The van der Waals surface area contributed by atoms with E-state index in [2.05, 4.69) is 87.5 Å². The van der Waals surface area contributed by atoms with Crippen LogP contribution in [0.15, 0.2) is 60.7 Å². The molecule has 0 heterocycles. The molecule has 0 aromatic heterocycles. The van der Waals surface area contributed by atoms with Crippen molar-refractivity contribution in [2.45, 2.75) is 20.8 Å². The van der Waals surface area contributed by atoms with Gasteiger partial charge in [0.25, 0.3) is 0 Å². The molecule has 0 N–H and O–H groups in total. The Morgan fingerprint density at radius 1 is 0.682 bits per heavy atom. The highest BCUT2D eigenvalue weighted by Crippen LogP contribution is 2.36. The van der Waals surface area contributed by atoms with Gasteiger partial charge in [-0.15, -0.1) is 0 Å². The van der Waals surface area contributed by atoms with E-state index in [1.54, 1.807) is 0 Å². The standard InChI is InChI=1S/C22H20/c1-22(2,3)14-13-15-7-8-18-10-9-16-5-4-6-17-11-12-19(15)21(18)20(16)17/h4-14H,1-3H3/b14-13+. The number of hydrogen-bond acceptors (Lipinski definition) is 0. The highest BCUT2D eigenvalue weighted by molar-refractivity contribution is 6.24. The lowest BCUT2D eigenvalue weighted by molar-refractivity contribution is 0.547. The van der Waals surface area contributed by atoms with Gasteiger partial charge < -0.3 is 0 Å². The quantitative estimate of drug-likeness (QED) is 0.343. The fourth-order valence-corrected chi connectivity index (χ4v) is 3.24. The monoisotopic (exact) mass is 284 g/mol. The Morgan fingerprint density at radius 3 is 1.95 bits per heavy atom. The van der Waals surface area contributed by atoms with Gasteiger partial charge in [-0.3, -0.25) is 0 Å². The van der Waals surface area contributed by atoms with Gasteiger partial charge in [0.05, 0.1) is 0 Å². The molecule has 0 radical (unpaired) electrons. The van der Waals surface area contributed by atoms with Gasteiger partial charge in [0, 0.05) is 0 Å². The van der Waals surface area contributed by atoms with E-state index >= 15 is 0 Å². The van der Waals surface area contributed by atoms with Crippen molar-refractivity contribution in [1.29, 1.82) is 0 Å². The highest BCUT2D eigenvalue weighted by Gasteiger charge is 2.10. The minimum atomic E-state index is 0.198. The third-order valence-electron chi connectivity index (χ3n) is 4.33. The van der Waals surface area contributed by atoms with Crippen LogP contribution in [0.4, 0.5) is 0 Å². The summed E-state index contributed by atoms with van der Waals surface area (Å²) in [5.74, 6) is 0. The molecule has 0 aliphatic heterocycles. The van der Waals surface area contributed by atoms with Gasteiger partial charge in [-0.1, -0.05) is 87.5 Å². The zero-order chi connectivity index (χ0) is 15.3. The van der Waals surface area contributed by atoms with Crippen LogP contribution in [0, 0.1) is 5.41 Å². The van der Waals surface area contributed by atoms with E-state index in [-0.39, 0.29) is 5.41 Å². The van der Waals surface area contributed by atoms with Crippen LogP contribution in [0.25, 0.3) is 38.4 Å². The van der Waals surface area contributed by atoms with Crippen LogP contribution < -0.4 is 0 Å². The summed E-state index contributed by atoms with van der Waals surface area (Å²) in [6.45, 7) is 6.71. The molecular weight excluding hydrogens is 264 g/mol. The summed E-state index contributed by atoms with van der Waals surface area (Å²) in [6, 6.07) is 20.0. The molecule has 0 spiro atoms. The Bertz CT molecular complexity index is 981. The van der Waals surface area contributed by atoms with Gasteiger partial charge in [0.2, 0.25) is 0 Å². The molecule has 4 rings (SSSR count). The minimum Gasteiger partial charge on any atom is -0.0785 e. The average molecular weight is 284 g/mol. The van der Waals surface area contributed by atoms with Crippen LogP contribution in [-0.2, 0) is 0 Å². The average Bonchev–Trinajstić information content (AvgIpc) is 2.50. The van der Waals surface area contributed by atoms with Gasteiger partial charge in [0.1, 0.15) is 0 Å². The largest absolute Gasteiger partial charge is 0.0785 e. The Morgan fingerprint density at radius 2 is 1.27 bits per heavy atom. The van der Waals surface area contributed by atoms with Crippen LogP contribution in [0.2, 0.25) is 0 Å². The summed E-state index contributed by atoms with van der Waals surface area (Å²) in [7, 11) is 0. The summed E-state index contributed by atoms with van der Waals surface area (Å²) in [5, 5.41) is 8.12. The highest BCUT2D eigenvalue weighted by atomic mass is 14.1. The number of benzene rings is 4. The molecule has 0 aliphatic carbocycles. The van der Waals surface area contributed by atoms with Crippen molar-refractivity contribution in [3.63, 3.8) is 0 Å². The summed E-state index contributed by atoms with van der Waals surface area (Å²) < 4.78 is 0. The molecular formula is C22H20. The summed E-state index contributed by atoms with van der Waals surface area (Å²) in [4.78, 5) is 0. The van der Waals surface area contributed by atoms with E-state index in [9.17, 15) is 0 Å². The van der Waals surface area contributed by atoms with Crippen LogP contribution in [-0.4, -0.2) is 0 Å². The zero-order valence-electron chi connectivity index (χ0n) is 13.4. The predicted octanol–water partition coefficient (Wildman–Crippen LogP) is 6.64. The Kier molecular flexibility index (Phi) is 2.77. The van der Waals surface area contributed by atoms with Crippen molar-refractivity contribution in [2.24, 2.45) is 5.41 Å². The fraction of sp³-hybridized carbons (Fsp3) is 0.182. The molecule has 0 unspecified atom stereocenters. The van der Waals surface area contributed by atoms with Crippen molar-refractivity contribution in [1.82, 2.24) is 0 Å². The van der Waals surface area contributed by atoms with Gasteiger partial charge >= 0.3 is 0 Å². The molecule has 108 valence electrons. The minimum absolute atomic E-state index is 0.198. The van der Waals surface area contributed by atoms with Crippen molar-refractivity contribution >= 4 is 38.4 Å². The molecule has 0 amide bonds. The van der Waals surface area contributed by atoms with Crippen LogP contribution >= 0.6 is 0 Å². The molecule has 4 aromatic rings. The van der Waals surface area contributed by atoms with Crippen LogP contribution in [0.5, 0.6) is 0 Å². The molecule has 0 saturated heterocycles. The van der Waals surface area contributed by atoms with E-state index in [1.165, 1.54) is 37.9 Å². The smallest absolute Gasteiger partial charge is 0.00208 e. The van der Waals surface area contributed by atoms with Crippen molar-refractivity contribution in [3.8, 4) is 0 Å². The zero-order valence-corrected chi connectivity index (χ0v) is 13.4. The molecule has 0 heteroatoms. The molecule has 22 heavy (non-hydrogen) atoms. The number of hydrogen-bond donors (Lipinski definition) is 0. The number of allylic oxidation sites excluding steroid dienone is 1. The normalized spacial score (nSPS) is 13.0. The van der Waals surface area contributed by atoms with Gasteiger partial charge in [-0.2, -0.15) is 0 Å².